The molecule has 0 spiro atoms. The fourth-order valence-corrected chi connectivity index (χ4v) is 1.68. The summed E-state index contributed by atoms with van der Waals surface area (Å²) < 4.78 is 0. The molecule has 0 aliphatic carbocycles. The maximum absolute atomic E-state index is 11.7. The Bertz CT molecular complexity index is 373. The molecule has 0 aromatic carbocycles. The lowest BCUT2D eigenvalue weighted by Gasteiger charge is -2.21. The molecule has 6 heteroatoms. The number of thiocarbonyl (C=S) groups is 1. The van der Waals surface area contributed by atoms with Crippen molar-refractivity contribution in [1.82, 2.24) is 10.3 Å². The number of nitrogens with two attached hydrogens (primary N) is 1. The van der Waals surface area contributed by atoms with Gasteiger partial charge in [-0.3, -0.25) is 4.79 Å². The molecule has 0 fully saturated rings. The fourth-order valence-electron chi connectivity index (χ4n) is 0.998. The van der Waals surface area contributed by atoms with Crippen LogP contribution in [0.3, 0.4) is 0 Å². The van der Waals surface area contributed by atoms with E-state index in [1.54, 1.807) is 30.7 Å². The molecule has 88 valence electrons. The first-order valence-electron chi connectivity index (χ1n) is 4.90. The second-order valence-electron chi connectivity index (χ2n) is 3.97. The van der Waals surface area contributed by atoms with E-state index in [0.29, 0.717) is 6.54 Å². The van der Waals surface area contributed by atoms with E-state index in [9.17, 15) is 4.79 Å². The Morgan fingerprint density at radius 1 is 1.69 bits per heavy atom. The first kappa shape index (κ1) is 13.1. The van der Waals surface area contributed by atoms with Crippen molar-refractivity contribution in [3.05, 3.63) is 16.6 Å². The molecule has 16 heavy (non-hydrogen) atoms. The Morgan fingerprint density at radius 2 is 2.38 bits per heavy atom. The summed E-state index contributed by atoms with van der Waals surface area (Å²) in [5.41, 5.74) is 7.46. The number of nitrogens with one attached hydrogen (secondary N) is 1. The highest BCUT2D eigenvalue weighted by molar-refractivity contribution is 7.80. The largest absolute Gasteiger partial charge is 0.392 e. The molecule has 0 saturated carbocycles. The molecule has 0 aliphatic heterocycles. The van der Waals surface area contributed by atoms with Gasteiger partial charge in [0.15, 0.2) is 0 Å². The Hall–Kier alpha value is -1.01. The summed E-state index contributed by atoms with van der Waals surface area (Å²) in [5.74, 6) is -0.143. The van der Waals surface area contributed by atoms with E-state index in [1.807, 2.05) is 5.38 Å². The van der Waals surface area contributed by atoms with Gasteiger partial charge in [-0.2, -0.15) is 0 Å². The van der Waals surface area contributed by atoms with Crippen molar-refractivity contribution < 1.29 is 4.79 Å². The molecule has 1 aromatic rings. The number of hydrogen-bond donors (Lipinski definition) is 2. The highest BCUT2D eigenvalue weighted by Crippen LogP contribution is 2.15. The third kappa shape index (κ3) is 3.24. The zero-order valence-electron chi connectivity index (χ0n) is 9.32. The second kappa shape index (κ2) is 5.36. The van der Waals surface area contributed by atoms with E-state index in [2.05, 4.69) is 10.3 Å². The van der Waals surface area contributed by atoms with Gasteiger partial charge in [0.05, 0.1) is 21.6 Å². The molecule has 0 atom stereocenters. The summed E-state index contributed by atoms with van der Waals surface area (Å²) in [6, 6.07) is 0. The van der Waals surface area contributed by atoms with Crippen molar-refractivity contribution in [3.63, 3.8) is 0 Å². The van der Waals surface area contributed by atoms with Gasteiger partial charge < -0.3 is 11.1 Å². The van der Waals surface area contributed by atoms with Gasteiger partial charge in [0.25, 0.3) is 0 Å². The predicted octanol–water partition coefficient (Wildman–Crippen LogP) is 1.11. The normalized spacial score (nSPS) is 11.1. The number of hydrogen-bond acceptors (Lipinski definition) is 4. The molecule has 0 saturated heterocycles. The molecule has 0 aliphatic rings. The Kier molecular flexibility index (Phi) is 4.37. The van der Waals surface area contributed by atoms with Crippen molar-refractivity contribution >= 4 is 34.5 Å². The van der Waals surface area contributed by atoms with Gasteiger partial charge in [-0.1, -0.05) is 12.2 Å². The molecule has 3 N–H and O–H groups in total. The maximum Gasteiger partial charge on any atom is 0.232 e. The topological polar surface area (TPSA) is 68.0 Å². The number of thiazole rings is 1. The third-order valence-electron chi connectivity index (χ3n) is 2.33. The van der Waals surface area contributed by atoms with E-state index in [-0.39, 0.29) is 10.9 Å². The van der Waals surface area contributed by atoms with Gasteiger partial charge in [-0.15, -0.1) is 11.3 Å². The van der Waals surface area contributed by atoms with Crippen LogP contribution in [0.4, 0.5) is 0 Å². The molecular weight excluding hydrogens is 242 g/mol. The first-order chi connectivity index (χ1) is 7.44. The molecule has 1 aromatic heterocycles. The molecule has 0 unspecified atom stereocenters. The van der Waals surface area contributed by atoms with Crippen LogP contribution in [-0.4, -0.2) is 22.4 Å². The van der Waals surface area contributed by atoms with Crippen molar-refractivity contribution in [1.29, 1.82) is 0 Å². The van der Waals surface area contributed by atoms with Crippen molar-refractivity contribution in [2.45, 2.75) is 20.3 Å². The SMILES string of the molecule is CC(C)(C(=O)NCCc1cscn1)C(N)=S. The van der Waals surface area contributed by atoms with Crippen LogP contribution >= 0.6 is 23.6 Å². The standard InChI is InChI=1S/C10H15N3OS2/c1-10(2,8(11)15)9(14)12-4-3-7-5-16-6-13-7/h5-6H,3-4H2,1-2H3,(H2,11,15)(H,12,14). The summed E-state index contributed by atoms with van der Waals surface area (Å²) in [6.07, 6.45) is 0.725. The van der Waals surface area contributed by atoms with Crippen LogP contribution in [-0.2, 0) is 11.2 Å². The minimum absolute atomic E-state index is 0.143. The van der Waals surface area contributed by atoms with Crippen molar-refractivity contribution in [3.8, 4) is 0 Å². The molecule has 4 nitrogen and oxygen atoms in total. The van der Waals surface area contributed by atoms with Crippen molar-refractivity contribution in [2.24, 2.45) is 11.1 Å². The number of nitrogens with zero attached hydrogens (tertiary/aromatic N) is 1. The summed E-state index contributed by atoms with van der Waals surface area (Å²) in [4.78, 5) is 16.1. The van der Waals surface area contributed by atoms with Gasteiger partial charge in [0, 0.05) is 18.3 Å². The van der Waals surface area contributed by atoms with Crippen LogP contribution in [0.2, 0.25) is 0 Å². The fraction of sp³-hybridized carbons (Fsp3) is 0.500. The van der Waals surface area contributed by atoms with Crippen LogP contribution in [0.25, 0.3) is 0 Å². The van der Waals surface area contributed by atoms with Crippen LogP contribution in [0, 0.1) is 5.41 Å². The average Bonchev–Trinajstić information content (AvgIpc) is 2.70. The average molecular weight is 257 g/mol. The quantitative estimate of drug-likeness (QED) is 0.776. The Balaban J connectivity index is 2.39. The lowest BCUT2D eigenvalue weighted by Crippen LogP contribution is -2.45. The van der Waals surface area contributed by atoms with Crippen LogP contribution < -0.4 is 11.1 Å². The zero-order valence-corrected chi connectivity index (χ0v) is 11.0. The highest BCUT2D eigenvalue weighted by atomic mass is 32.1. The van der Waals surface area contributed by atoms with Gasteiger partial charge in [0.2, 0.25) is 5.91 Å². The minimum Gasteiger partial charge on any atom is -0.392 e. The molecule has 1 heterocycles. The Labute approximate surface area is 104 Å². The predicted molar refractivity (Wildman–Crippen MR) is 69.4 cm³/mol. The number of aromatic nitrogens is 1. The second-order valence-corrected chi connectivity index (χ2v) is 5.13. The number of rotatable bonds is 5. The smallest absolute Gasteiger partial charge is 0.232 e. The minimum atomic E-state index is -0.794. The van der Waals surface area contributed by atoms with Gasteiger partial charge in [0.1, 0.15) is 0 Å². The molecule has 0 bridgehead atoms. The highest BCUT2D eigenvalue weighted by Gasteiger charge is 2.30. The monoisotopic (exact) mass is 257 g/mol. The molecular formula is C10H15N3OS2. The van der Waals surface area contributed by atoms with E-state index < -0.39 is 5.41 Å². The van der Waals surface area contributed by atoms with Crippen LogP contribution in [0.1, 0.15) is 19.5 Å². The van der Waals surface area contributed by atoms with Crippen LogP contribution in [0.5, 0.6) is 0 Å². The van der Waals surface area contributed by atoms with Gasteiger partial charge in [-0.25, -0.2) is 4.98 Å². The lowest BCUT2D eigenvalue weighted by molar-refractivity contribution is -0.126. The van der Waals surface area contributed by atoms with Gasteiger partial charge >= 0.3 is 0 Å². The van der Waals surface area contributed by atoms with Crippen molar-refractivity contribution in [2.75, 3.05) is 6.54 Å². The van der Waals surface area contributed by atoms with E-state index in [1.165, 1.54) is 0 Å². The number of amides is 1. The first-order valence-corrected chi connectivity index (χ1v) is 6.25. The zero-order chi connectivity index (χ0) is 12.2. The molecule has 0 radical (unpaired) electrons. The Morgan fingerprint density at radius 3 is 2.88 bits per heavy atom. The lowest BCUT2D eigenvalue weighted by atomic mass is 9.92. The summed E-state index contributed by atoms with van der Waals surface area (Å²) >= 11 is 6.39. The maximum atomic E-state index is 11.7. The summed E-state index contributed by atoms with van der Waals surface area (Å²) in [6.45, 7) is 3.98. The number of carbonyl (C=O) groups excluding carboxylic acids is 1. The molecule has 1 rings (SSSR count). The number of carbonyl (C=O) groups is 1. The summed E-state index contributed by atoms with van der Waals surface area (Å²) in [7, 11) is 0. The van der Waals surface area contributed by atoms with E-state index >= 15 is 0 Å². The molecule has 1 amide bonds. The van der Waals surface area contributed by atoms with E-state index in [4.69, 9.17) is 18.0 Å². The van der Waals surface area contributed by atoms with E-state index in [0.717, 1.165) is 12.1 Å². The van der Waals surface area contributed by atoms with Gasteiger partial charge in [-0.05, 0) is 13.8 Å². The summed E-state index contributed by atoms with van der Waals surface area (Å²) in [5, 5.41) is 4.76. The van der Waals surface area contributed by atoms with Crippen LogP contribution in [0.15, 0.2) is 10.9 Å². The third-order valence-corrected chi connectivity index (χ3v) is 3.48.